The van der Waals surface area contributed by atoms with Gasteiger partial charge in [-0.2, -0.15) is 0 Å². The number of ether oxygens (including phenoxy) is 1. The van der Waals surface area contributed by atoms with Crippen LogP contribution in [0.2, 0.25) is 0 Å². The molecule has 1 N–H and O–H groups in total. The number of carboxylic acids is 1. The third kappa shape index (κ3) is 2.10. The molecular formula is C15H13N3O3. The minimum absolute atomic E-state index is 0.172. The van der Waals surface area contributed by atoms with Gasteiger partial charge in [0.1, 0.15) is 16.8 Å². The molecule has 2 aromatic carbocycles. The Balaban J connectivity index is 2.26. The summed E-state index contributed by atoms with van der Waals surface area (Å²) in [5.74, 6) is -0.240. The first-order chi connectivity index (χ1) is 10.1. The first-order valence-electron chi connectivity index (χ1n) is 6.34. The van der Waals surface area contributed by atoms with E-state index in [9.17, 15) is 9.90 Å². The van der Waals surface area contributed by atoms with Crippen LogP contribution < -0.4 is 4.74 Å². The number of aromatic carboxylic acids is 1. The van der Waals surface area contributed by atoms with Crippen LogP contribution in [0.3, 0.4) is 0 Å². The highest BCUT2D eigenvalue weighted by Gasteiger charge is 2.16. The van der Waals surface area contributed by atoms with E-state index in [0.29, 0.717) is 11.0 Å². The Morgan fingerprint density at radius 2 is 2.10 bits per heavy atom. The third-order valence-corrected chi connectivity index (χ3v) is 3.32. The van der Waals surface area contributed by atoms with Crippen molar-refractivity contribution in [3.63, 3.8) is 0 Å². The van der Waals surface area contributed by atoms with Crippen molar-refractivity contribution in [1.29, 1.82) is 0 Å². The fraction of sp³-hybridized carbons (Fsp3) is 0.133. The number of rotatable bonds is 3. The van der Waals surface area contributed by atoms with Crippen LogP contribution in [-0.2, 0) is 0 Å². The number of fused-ring (bicyclic) bond motifs is 1. The number of nitrogens with zero attached hydrogens (tertiary/aromatic N) is 3. The molecule has 21 heavy (non-hydrogen) atoms. The van der Waals surface area contributed by atoms with E-state index in [2.05, 4.69) is 10.3 Å². The Morgan fingerprint density at radius 3 is 2.76 bits per heavy atom. The molecule has 6 nitrogen and oxygen atoms in total. The molecular weight excluding hydrogens is 270 g/mol. The number of para-hydroxylation sites is 1. The zero-order chi connectivity index (χ0) is 15.0. The van der Waals surface area contributed by atoms with Crippen molar-refractivity contribution >= 4 is 17.0 Å². The van der Waals surface area contributed by atoms with Crippen molar-refractivity contribution in [3.05, 3.63) is 47.5 Å². The van der Waals surface area contributed by atoms with Gasteiger partial charge in [0.25, 0.3) is 0 Å². The number of aryl methyl sites for hydroxylation is 1. The molecule has 6 heteroatoms. The molecule has 1 aromatic heterocycles. The Hall–Kier alpha value is -2.89. The number of hydrogen-bond acceptors (Lipinski definition) is 4. The maximum atomic E-state index is 11.4. The highest BCUT2D eigenvalue weighted by molar-refractivity contribution is 6.01. The van der Waals surface area contributed by atoms with Crippen molar-refractivity contribution < 1.29 is 14.6 Å². The van der Waals surface area contributed by atoms with Gasteiger partial charge in [-0.3, -0.25) is 0 Å². The second-order valence-electron chi connectivity index (χ2n) is 4.63. The molecule has 0 saturated heterocycles. The lowest BCUT2D eigenvalue weighted by Gasteiger charge is -2.08. The van der Waals surface area contributed by atoms with E-state index in [0.717, 1.165) is 17.0 Å². The van der Waals surface area contributed by atoms with E-state index in [4.69, 9.17) is 4.74 Å². The number of hydrogen-bond donors (Lipinski definition) is 1. The number of aromatic nitrogens is 3. The summed E-state index contributed by atoms with van der Waals surface area (Å²) in [4.78, 5) is 11.4. The first kappa shape index (κ1) is 13.1. The summed E-state index contributed by atoms with van der Waals surface area (Å²) >= 11 is 0. The van der Waals surface area contributed by atoms with Crippen molar-refractivity contribution in [2.45, 2.75) is 6.92 Å². The van der Waals surface area contributed by atoms with Crippen LogP contribution in [0.15, 0.2) is 36.4 Å². The number of carboxylic acid groups (broad SMARTS) is 1. The number of benzene rings is 2. The van der Waals surface area contributed by atoms with Gasteiger partial charge >= 0.3 is 5.97 Å². The summed E-state index contributed by atoms with van der Waals surface area (Å²) in [5, 5.41) is 17.4. The largest absolute Gasteiger partial charge is 0.496 e. The van der Waals surface area contributed by atoms with Gasteiger partial charge in [-0.1, -0.05) is 11.3 Å². The van der Waals surface area contributed by atoms with Gasteiger partial charge in [0.15, 0.2) is 0 Å². The molecule has 0 aliphatic carbocycles. The summed E-state index contributed by atoms with van der Waals surface area (Å²) in [5.41, 5.74) is 2.87. The number of carbonyl (C=O) groups is 1. The van der Waals surface area contributed by atoms with Crippen LogP contribution in [0.4, 0.5) is 0 Å². The Labute approximate surface area is 120 Å². The van der Waals surface area contributed by atoms with Gasteiger partial charge in [-0.05, 0) is 42.8 Å². The molecule has 0 aliphatic heterocycles. The lowest BCUT2D eigenvalue weighted by Crippen LogP contribution is -2.03. The van der Waals surface area contributed by atoms with Crippen LogP contribution in [0.25, 0.3) is 16.7 Å². The molecule has 1 heterocycles. The summed E-state index contributed by atoms with van der Waals surface area (Å²) in [6.07, 6.45) is 0. The number of methoxy groups -OCH3 is 1. The van der Waals surface area contributed by atoms with Crippen molar-refractivity contribution in [1.82, 2.24) is 15.0 Å². The zero-order valence-corrected chi connectivity index (χ0v) is 11.6. The molecule has 0 unspecified atom stereocenters. The van der Waals surface area contributed by atoms with Crippen LogP contribution >= 0.6 is 0 Å². The smallest absolute Gasteiger partial charge is 0.337 e. The Bertz CT molecular complexity index is 839. The maximum Gasteiger partial charge on any atom is 0.337 e. The summed E-state index contributed by atoms with van der Waals surface area (Å²) < 4.78 is 6.76. The highest BCUT2D eigenvalue weighted by Crippen LogP contribution is 2.24. The molecule has 0 saturated carbocycles. The van der Waals surface area contributed by atoms with E-state index in [-0.39, 0.29) is 5.56 Å². The fourth-order valence-electron chi connectivity index (χ4n) is 2.32. The van der Waals surface area contributed by atoms with E-state index < -0.39 is 5.97 Å². The van der Waals surface area contributed by atoms with Gasteiger partial charge in [0.2, 0.25) is 0 Å². The molecule has 0 aliphatic rings. The molecule has 3 rings (SSSR count). The molecule has 0 fully saturated rings. The van der Waals surface area contributed by atoms with Crippen molar-refractivity contribution in [3.8, 4) is 11.4 Å². The Morgan fingerprint density at radius 1 is 1.29 bits per heavy atom. The monoisotopic (exact) mass is 283 g/mol. The van der Waals surface area contributed by atoms with Gasteiger partial charge in [0.05, 0.1) is 18.4 Å². The van der Waals surface area contributed by atoms with Crippen LogP contribution in [0, 0.1) is 6.92 Å². The van der Waals surface area contributed by atoms with E-state index in [1.807, 2.05) is 25.1 Å². The minimum atomic E-state index is -1.01. The van der Waals surface area contributed by atoms with Gasteiger partial charge < -0.3 is 9.84 Å². The molecule has 0 bridgehead atoms. The average Bonchev–Trinajstić information content (AvgIpc) is 2.90. The second-order valence-corrected chi connectivity index (χ2v) is 4.63. The van der Waals surface area contributed by atoms with Gasteiger partial charge in [0, 0.05) is 0 Å². The average molecular weight is 283 g/mol. The predicted molar refractivity (Wildman–Crippen MR) is 77.1 cm³/mol. The van der Waals surface area contributed by atoms with Gasteiger partial charge in [-0.25, -0.2) is 9.48 Å². The van der Waals surface area contributed by atoms with Gasteiger partial charge in [-0.15, -0.1) is 5.10 Å². The quantitative estimate of drug-likeness (QED) is 0.798. The van der Waals surface area contributed by atoms with Crippen LogP contribution in [0.1, 0.15) is 15.9 Å². The van der Waals surface area contributed by atoms with E-state index in [1.54, 1.807) is 25.3 Å². The van der Waals surface area contributed by atoms with Crippen molar-refractivity contribution in [2.75, 3.05) is 7.11 Å². The maximum absolute atomic E-state index is 11.4. The standard InChI is InChI=1S/C15H13N3O3/c1-9-8-10(6-7-13(9)21-2)18-14-11(15(19)20)4-3-5-12(14)16-17-18/h3-8H,1-2H3,(H,19,20). The fourth-order valence-corrected chi connectivity index (χ4v) is 2.32. The first-order valence-corrected chi connectivity index (χ1v) is 6.34. The summed E-state index contributed by atoms with van der Waals surface area (Å²) in [6, 6.07) is 10.5. The molecule has 0 radical (unpaired) electrons. The van der Waals surface area contributed by atoms with Crippen LogP contribution in [-0.4, -0.2) is 33.2 Å². The molecule has 0 amide bonds. The van der Waals surface area contributed by atoms with E-state index >= 15 is 0 Å². The topological polar surface area (TPSA) is 77.2 Å². The Kier molecular flexibility index (Phi) is 3.06. The van der Waals surface area contributed by atoms with Crippen molar-refractivity contribution in [2.24, 2.45) is 0 Å². The SMILES string of the molecule is COc1ccc(-n2nnc3cccc(C(=O)O)c32)cc1C. The van der Waals surface area contributed by atoms with Crippen LogP contribution in [0.5, 0.6) is 5.75 Å². The second kappa shape index (κ2) is 4.90. The minimum Gasteiger partial charge on any atom is -0.496 e. The predicted octanol–water partition coefficient (Wildman–Crippen LogP) is 2.44. The third-order valence-electron chi connectivity index (χ3n) is 3.32. The van der Waals surface area contributed by atoms with E-state index in [1.165, 1.54) is 4.68 Å². The zero-order valence-electron chi connectivity index (χ0n) is 11.6. The molecule has 0 atom stereocenters. The lowest BCUT2D eigenvalue weighted by molar-refractivity contribution is 0.0698. The summed E-state index contributed by atoms with van der Waals surface area (Å²) in [7, 11) is 1.61. The molecule has 0 spiro atoms. The molecule has 3 aromatic rings. The normalized spacial score (nSPS) is 10.8. The highest BCUT2D eigenvalue weighted by atomic mass is 16.5. The lowest BCUT2D eigenvalue weighted by atomic mass is 10.1. The summed E-state index contributed by atoms with van der Waals surface area (Å²) in [6.45, 7) is 1.92. The molecule has 106 valence electrons.